The maximum atomic E-state index is 12.2. The Bertz CT molecular complexity index is 701. The highest BCUT2D eigenvalue weighted by Crippen LogP contribution is 2.16. The van der Waals surface area contributed by atoms with Crippen molar-refractivity contribution in [1.29, 1.82) is 0 Å². The van der Waals surface area contributed by atoms with E-state index < -0.39 is 5.41 Å². The minimum Gasteiger partial charge on any atom is -0.297 e. The van der Waals surface area contributed by atoms with Crippen molar-refractivity contribution in [2.24, 2.45) is 5.41 Å². The summed E-state index contributed by atoms with van der Waals surface area (Å²) in [4.78, 5) is 32.2. The van der Waals surface area contributed by atoms with Gasteiger partial charge in [-0.15, -0.1) is 0 Å². The second kappa shape index (κ2) is 4.74. The second-order valence-corrected chi connectivity index (χ2v) is 5.76. The van der Waals surface area contributed by atoms with E-state index in [2.05, 4.69) is 9.97 Å². The van der Waals surface area contributed by atoms with E-state index in [1.165, 1.54) is 23.2 Å². The summed E-state index contributed by atoms with van der Waals surface area (Å²) in [6, 6.07) is 1.46. The van der Waals surface area contributed by atoms with Crippen LogP contribution in [0.5, 0.6) is 0 Å². The van der Waals surface area contributed by atoms with Gasteiger partial charge in [0, 0.05) is 5.41 Å². The van der Waals surface area contributed by atoms with Gasteiger partial charge >= 0.3 is 0 Å². The van der Waals surface area contributed by atoms with Crippen molar-refractivity contribution in [2.75, 3.05) is 0 Å². The summed E-state index contributed by atoms with van der Waals surface area (Å²) in [6.45, 7) is 5.45. The molecular formula is C13H14ClN3O2. The fraction of sp³-hybridized carbons (Fsp3) is 0.385. The summed E-state index contributed by atoms with van der Waals surface area (Å²) in [7, 11) is 0. The van der Waals surface area contributed by atoms with Gasteiger partial charge in [0.1, 0.15) is 5.15 Å². The molecule has 0 aliphatic carbocycles. The van der Waals surface area contributed by atoms with Crippen LogP contribution in [-0.4, -0.2) is 20.3 Å². The summed E-state index contributed by atoms with van der Waals surface area (Å²) in [6.07, 6.45) is 2.80. The van der Waals surface area contributed by atoms with E-state index in [9.17, 15) is 9.59 Å². The fourth-order valence-corrected chi connectivity index (χ4v) is 1.70. The summed E-state index contributed by atoms with van der Waals surface area (Å²) in [5.41, 5.74) is -0.314. The van der Waals surface area contributed by atoms with Crippen LogP contribution in [0.2, 0.25) is 5.15 Å². The van der Waals surface area contributed by atoms with E-state index in [-0.39, 0.29) is 23.0 Å². The van der Waals surface area contributed by atoms with Crippen LogP contribution < -0.4 is 5.56 Å². The number of nitrogens with zero attached hydrogens (tertiary/aromatic N) is 3. The summed E-state index contributed by atoms with van der Waals surface area (Å²) in [5, 5.41) is 0.593. The zero-order chi connectivity index (χ0) is 14.2. The first-order valence-corrected chi connectivity index (χ1v) is 6.21. The van der Waals surface area contributed by atoms with Crippen molar-refractivity contribution in [3.05, 3.63) is 34.1 Å². The van der Waals surface area contributed by atoms with Crippen LogP contribution in [0.4, 0.5) is 0 Å². The molecule has 0 aliphatic rings. The van der Waals surface area contributed by atoms with E-state index >= 15 is 0 Å². The normalized spacial score (nSPS) is 11.8. The largest absolute Gasteiger partial charge is 0.297 e. The molecule has 2 rings (SSSR count). The SMILES string of the molecule is CC(C)(C)C(=O)Cn1cnc2cnc(Cl)cc2c1=O. The van der Waals surface area contributed by atoms with Crippen LogP contribution in [0, 0.1) is 5.41 Å². The van der Waals surface area contributed by atoms with Gasteiger partial charge in [0.15, 0.2) is 5.78 Å². The lowest BCUT2D eigenvalue weighted by atomic mass is 9.91. The maximum absolute atomic E-state index is 12.2. The molecule has 0 atom stereocenters. The third kappa shape index (κ3) is 2.81. The number of Topliss-reactive ketones (excluding diaryl/α,β-unsaturated/α-hetero) is 1. The number of aromatic nitrogens is 3. The molecule has 0 fully saturated rings. The number of pyridine rings is 1. The van der Waals surface area contributed by atoms with Gasteiger partial charge in [-0.25, -0.2) is 9.97 Å². The van der Waals surface area contributed by atoms with Gasteiger partial charge in [-0.3, -0.25) is 14.2 Å². The minimum atomic E-state index is -0.496. The molecular weight excluding hydrogens is 266 g/mol. The average Bonchev–Trinajstić information content (AvgIpc) is 2.32. The summed E-state index contributed by atoms with van der Waals surface area (Å²) < 4.78 is 1.30. The van der Waals surface area contributed by atoms with Crippen molar-refractivity contribution >= 4 is 28.3 Å². The Morgan fingerprint density at radius 1 is 1.37 bits per heavy atom. The Balaban J connectivity index is 2.49. The monoisotopic (exact) mass is 279 g/mol. The van der Waals surface area contributed by atoms with Gasteiger partial charge in [0.2, 0.25) is 0 Å². The number of hydrogen-bond acceptors (Lipinski definition) is 4. The molecule has 100 valence electrons. The lowest BCUT2D eigenvalue weighted by Crippen LogP contribution is -2.30. The Hall–Kier alpha value is -1.75. The molecule has 0 radical (unpaired) electrons. The third-order valence-corrected chi connectivity index (χ3v) is 3.03. The van der Waals surface area contributed by atoms with Crippen molar-refractivity contribution in [3.63, 3.8) is 0 Å². The minimum absolute atomic E-state index is 0.00517. The molecule has 2 heterocycles. The van der Waals surface area contributed by atoms with E-state index in [1.54, 1.807) is 0 Å². The van der Waals surface area contributed by atoms with Crippen molar-refractivity contribution < 1.29 is 4.79 Å². The number of fused-ring (bicyclic) bond motifs is 1. The molecule has 0 saturated heterocycles. The Morgan fingerprint density at radius 2 is 2.05 bits per heavy atom. The molecule has 0 bridgehead atoms. The first-order chi connectivity index (χ1) is 8.79. The van der Waals surface area contributed by atoms with Crippen LogP contribution in [0.3, 0.4) is 0 Å². The highest BCUT2D eigenvalue weighted by Gasteiger charge is 2.22. The number of rotatable bonds is 2. The van der Waals surface area contributed by atoms with Gasteiger partial charge in [0.05, 0.1) is 30.0 Å². The molecule has 2 aromatic rings. The van der Waals surface area contributed by atoms with Crippen LogP contribution >= 0.6 is 11.6 Å². The average molecular weight is 280 g/mol. The molecule has 19 heavy (non-hydrogen) atoms. The predicted molar refractivity (Wildman–Crippen MR) is 73.3 cm³/mol. The molecule has 0 aliphatic heterocycles. The molecule has 0 aromatic carbocycles. The van der Waals surface area contributed by atoms with Crippen LogP contribution in [0.25, 0.3) is 10.9 Å². The smallest absolute Gasteiger partial charge is 0.261 e. The van der Waals surface area contributed by atoms with E-state index in [1.807, 2.05) is 20.8 Å². The fourth-order valence-electron chi connectivity index (χ4n) is 1.54. The first-order valence-electron chi connectivity index (χ1n) is 5.83. The Kier molecular flexibility index (Phi) is 3.41. The van der Waals surface area contributed by atoms with Crippen molar-refractivity contribution in [3.8, 4) is 0 Å². The van der Waals surface area contributed by atoms with E-state index in [4.69, 9.17) is 11.6 Å². The van der Waals surface area contributed by atoms with Crippen LogP contribution in [0.15, 0.2) is 23.4 Å². The zero-order valence-corrected chi connectivity index (χ0v) is 11.7. The zero-order valence-electron chi connectivity index (χ0n) is 11.0. The molecule has 6 heteroatoms. The lowest BCUT2D eigenvalue weighted by Gasteiger charge is -2.17. The quantitative estimate of drug-likeness (QED) is 0.789. The summed E-state index contributed by atoms with van der Waals surface area (Å²) >= 11 is 5.77. The van der Waals surface area contributed by atoms with Crippen LogP contribution in [0.1, 0.15) is 20.8 Å². The predicted octanol–water partition coefficient (Wildman–Crippen LogP) is 2.06. The Morgan fingerprint density at radius 3 is 2.68 bits per heavy atom. The van der Waals surface area contributed by atoms with Gasteiger partial charge in [-0.2, -0.15) is 0 Å². The van der Waals surface area contributed by atoms with E-state index in [0.717, 1.165) is 0 Å². The van der Waals surface area contributed by atoms with Crippen molar-refractivity contribution in [2.45, 2.75) is 27.3 Å². The lowest BCUT2D eigenvalue weighted by molar-refractivity contribution is -0.126. The highest BCUT2D eigenvalue weighted by molar-refractivity contribution is 6.30. The number of ketones is 1. The van der Waals surface area contributed by atoms with Gasteiger partial charge in [0.25, 0.3) is 5.56 Å². The molecule has 0 N–H and O–H groups in total. The van der Waals surface area contributed by atoms with Gasteiger partial charge in [-0.05, 0) is 6.07 Å². The second-order valence-electron chi connectivity index (χ2n) is 5.37. The first kappa shape index (κ1) is 13.7. The van der Waals surface area contributed by atoms with E-state index in [0.29, 0.717) is 10.9 Å². The Labute approximate surface area is 115 Å². The number of carbonyl (C=O) groups excluding carboxylic acids is 1. The number of halogens is 1. The molecule has 0 saturated carbocycles. The molecule has 0 spiro atoms. The molecule has 0 unspecified atom stereocenters. The summed E-state index contributed by atoms with van der Waals surface area (Å²) in [5.74, 6) is -0.0316. The topological polar surface area (TPSA) is 64.8 Å². The maximum Gasteiger partial charge on any atom is 0.261 e. The standard InChI is InChI=1S/C13H14ClN3O2/c1-13(2,3)10(18)6-17-7-16-9-5-15-11(14)4-8(9)12(17)19/h4-5,7H,6H2,1-3H3. The van der Waals surface area contributed by atoms with Gasteiger partial charge in [-0.1, -0.05) is 32.4 Å². The third-order valence-electron chi connectivity index (χ3n) is 2.83. The highest BCUT2D eigenvalue weighted by atomic mass is 35.5. The molecule has 0 amide bonds. The van der Waals surface area contributed by atoms with Crippen molar-refractivity contribution in [1.82, 2.24) is 14.5 Å². The van der Waals surface area contributed by atoms with Gasteiger partial charge < -0.3 is 0 Å². The number of carbonyl (C=O) groups is 1. The van der Waals surface area contributed by atoms with Crippen LogP contribution in [-0.2, 0) is 11.3 Å². The molecule has 5 nitrogen and oxygen atoms in total. The molecule has 2 aromatic heterocycles. The number of hydrogen-bond donors (Lipinski definition) is 0.